The van der Waals surface area contributed by atoms with Gasteiger partial charge in [0.05, 0.1) is 11.7 Å². The predicted molar refractivity (Wildman–Crippen MR) is 109 cm³/mol. The molecule has 0 saturated carbocycles. The van der Waals surface area contributed by atoms with Gasteiger partial charge in [-0.1, -0.05) is 35.9 Å². The highest BCUT2D eigenvalue weighted by Crippen LogP contribution is 2.32. The summed E-state index contributed by atoms with van der Waals surface area (Å²) >= 11 is 0. The van der Waals surface area contributed by atoms with Gasteiger partial charge < -0.3 is 14.8 Å². The van der Waals surface area contributed by atoms with Gasteiger partial charge in [0, 0.05) is 5.56 Å². The first-order valence-electron chi connectivity index (χ1n) is 8.93. The lowest BCUT2D eigenvalue weighted by atomic mass is 10.1. The number of carbonyl (C=O) groups is 1. The monoisotopic (exact) mass is 399 g/mol. The van der Waals surface area contributed by atoms with E-state index in [9.17, 15) is 4.79 Å². The van der Waals surface area contributed by atoms with Crippen molar-refractivity contribution in [2.75, 3.05) is 13.2 Å². The average molecular weight is 400 g/mol. The molecule has 1 atom stereocenters. The second-order valence-corrected chi connectivity index (χ2v) is 6.63. The number of ether oxygens (including phenoxy) is 2. The second-order valence-electron chi connectivity index (χ2n) is 6.63. The van der Waals surface area contributed by atoms with Crippen molar-refractivity contribution in [3.8, 4) is 22.8 Å². The van der Waals surface area contributed by atoms with Crippen molar-refractivity contribution < 1.29 is 14.3 Å². The van der Waals surface area contributed by atoms with E-state index in [1.54, 1.807) is 6.07 Å². The van der Waals surface area contributed by atoms with Gasteiger partial charge in [-0.05, 0) is 37.6 Å². The molecule has 6 nitrogen and oxygen atoms in total. The highest BCUT2D eigenvalue weighted by molar-refractivity contribution is 5.93. The molecule has 3 aromatic rings. The molecule has 0 radical (unpaired) electrons. The Morgan fingerprint density at radius 1 is 1.07 bits per heavy atom. The molecule has 2 N–H and O–H groups in total. The molecule has 0 aliphatic carbocycles. The van der Waals surface area contributed by atoms with E-state index in [-0.39, 0.29) is 24.4 Å². The lowest BCUT2D eigenvalue weighted by Crippen LogP contribution is -2.27. The number of H-pyrrole nitrogens is 1. The Bertz CT molecular complexity index is 969. The van der Waals surface area contributed by atoms with E-state index in [4.69, 9.17) is 9.47 Å². The number of benzene rings is 2. The Balaban J connectivity index is 0.00000225. The number of rotatable bonds is 4. The van der Waals surface area contributed by atoms with Gasteiger partial charge in [-0.3, -0.25) is 9.89 Å². The van der Waals surface area contributed by atoms with Crippen LogP contribution >= 0.6 is 12.4 Å². The highest BCUT2D eigenvalue weighted by Gasteiger charge is 2.17. The van der Waals surface area contributed by atoms with E-state index in [0.29, 0.717) is 24.7 Å². The van der Waals surface area contributed by atoms with Gasteiger partial charge in [-0.25, -0.2) is 0 Å². The van der Waals surface area contributed by atoms with Gasteiger partial charge in [-0.2, -0.15) is 5.10 Å². The fourth-order valence-corrected chi connectivity index (χ4v) is 3.00. The van der Waals surface area contributed by atoms with Gasteiger partial charge in [0.2, 0.25) is 0 Å². The Labute approximate surface area is 169 Å². The molecule has 0 spiro atoms. The van der Waals surface area contributed by atoms with Crippen LogP contribution < -0.4 is 14.8 Å². The number of aromatic amines is 1. The molecular formula is C21H22ClN3O3. The topological polar surface area (TPSA) is 76.2 Å². The standard InChI is InChI=1S/C21H21N3O3.ClH/c1-13-3-5-15(6-4-13)17-12-18(24-23-17)21(25)22-14(2)16-7-8-19-20(11-16)27-10-9-26-19;/h3-8,11-12,14H,9-10H2,1-2H3,(H,22,25)(H,23,24);1H. The summed E-state index contributed by atoms with van der Waals surface area (Å²) in [6.45, 7) is 5.06. The third kappa shape index (κ3) is 4.12. The van der Waals surface area contributed by atoms with Crippen molar-refractivity contribution in [2.24, 2.45) is 0 Å². The fourth-order valence-electron chi connectivity index (χ4n) is 3.00. The maximum Gasteiger partial charge on any atom is 0.269 e. The van der Waals surface area contributed by atoms with Crippen LogP contribution in [0.4, 0.5) is 0 Å². The normalized spacial score (nSPS) is 13.4. The second kappa shape index (κ2) is 8.35. The summed E-state index contributed by atoms with van der Waals surface area (Å²) < 4.78 is 11.1. The van der Waals surface area contributed by atoms with Crippen LogP contribution in [0.15, 0.2) is 48.5 Å². The molecule has 1 unspecified atom stereocenters. The van der Waals surface area contributed by atoms with Crippen molar-refractivity contribution in [3.05, 3.63) is 65.4 Å². The van der Waals surface area contributed by atoms with Crippen molar-refractivity contribution in [3.63, 3.8) is 0 Å². The highest BCUT2D eigenvalue weighted by atomic mass is 35.5. The number of hydrogen-bond acceptors (Lipinski definition) is 4. The zero-order chi connectivity index (χ0) is 18.8. The van der Waals surface area contributed by atoms with Gasteiger partial charge >= 0.3 is 0 Å². The van der Waals surface area contributed by atoms with Crippen LogP contribution in [-0.4, -0.2) is 29.3 Å². The lowest BCUT2D eigenvalue weighted by Gasteiger charge is -2.21. The first-order valence-corrected chi connectivity index (χ1v) is 8.93. The van der Waals surface area contributed by atoms with Crippen LogP contribution in [-0.2, 0) is 0 Å². The summed E-state index contributed by atoms with van der Waals surface area (Å²) in [6, 6.07) is 15.3. The first kappa shape index (κ1) is 19.8. The Kier molecular flexibility index (Phi) is 5.90. The number of aryl methyl sites for hydroxylation is 1. The number of carbonyl (C=O) groups excluding carboxylic acids is 1. The summed E-state index contributed by atoms with van der Waals surface area (Å²) in [4.78, 5) is 12.6. The molecule has 1 aliphatic heterocycles. The van der Waals surface area contributed by atoms with Crippen LogP contribution in [0.5, 0.6) is 11.5 Å². The summed E-state index contributed by atoms with van der Waals surface area (Å²) in [7, 11) is 0. The molecule has 146 valence electrons. The van der Waals surface area contributed by atoms with E-state index in [1.807, 2.05) is 56.3 Å². The Morgan fingerprint density at radius 2 is 1.79 bits per heavy atom. The number of hydrogen-bond donors (Lipinski definition) is 2. The van der Waals surface area contributed by atoms with E-state index >= 15 is 0 Å². The maximum absolute atomic E-state index is 12.6. The van der Waals surface area contributed by atoms with Crippen LogP contribution in [0.25, 0.3) is 11.3 Å². The number of nitrogens with one attached hydrogen (secondary N) is 2. The fraction of sp³-hybridized carbons (Fsp3) is 0.238. The van der Waals surface area contributed by atoms with Gasteiger partial charge in [0.1, 0.15) is 18.9 Å². The van der Waals surface area contributed by atoms with Crippen molar-refractivity contribution in [2.45, 2.75) is 19.9 Å². The molecule has 1 aliphatic rings. The third-order valence-corrected chi connectivity index (χ3v) is 4.58. The number of amides is 1. The molecule has 1 aromatic heterocycles. The number of halogens is 1. The summed E-state index contributed by atoms with van der Waals surface area (Å²) in [5.41, 5.74) is 4.27. The van der Waals surface area contributed by atoms with Crippen LogP contribution in [0.2, 0.25) is 0 Å². The molecular weight excluding hydrogens is 378 g/mol. The van der Waals surface area contributed by atoms with Crippen LogP contribution in [0.3, 0.4) is 0 Å². The molecule has 2 heterocycles. The summed E-state index contributed by atoms with van der Waals surface area (Å²) in [5.74, 6) is 1.24. The molecule has 0 fully saturated rings. The molecule has 0 saturated heterocycles. The largest absolute Gasteiger partial charge is 0.486 e. The average Bonchev–Trinajstić information content (AvgIpc) is 3.18. The predicted octanol–water partition coefficient (Wildman–Crippen LogP) is 4.07. The van der Waals surface area contributed by atoms with Crippen molar-refractivity contribution in [1.82, 2.24) is 15.5 Å². The quantitative estimate of drug-likeness (QED) is 0.693. The smallest absolute Gasteiger partial charge is 0.269 e. The summed E-state index contributed by atoms with van der Waals surface area (Å²) in [5, 5.41) is 10.1. The van der Waals surface area contributed by atoms with Crippen LogP contribution in [0, 0.1) is 6.92 Å². The molecule has 1 amide bonds. The molecule has 0 bridgehead atoms. The minimum absolute atomic E-state index is 0. The minimum atomic E-state index is -0.205. The van der Waals surface area contributed by atoms with Crippen molar-refractivity contribution in [1.29, 1.82) is 0 Å². The van der Waals surface area contributed by atoms with Crippen molar-refractivity contribution >= 4 is 18.3 Å². The SMILES string of the molecule is Cc1ccc(-c2cc(C(=O)NC(C)c3ccc4c(c3)OCCO4)[nH]n2)cc1.Cl. The zero-order valence-electron chi connectivity index (χ0n) is 15.7. The first-order chi connectivity index (χ1) is 13.1. The Hall–Kier alpha value is -2.99. The van der Waals surface area contributed by atoms with E-state index < -0.39 is 0 Å². The number of nitrogens with zero attached hydrogens (tertiary/aromatic N) is 1. The summed E-state index contributed by atoms with van der Waals surface area (Å²) in [6.07, 6.45) is 0. The molecule has 2 aromatic carbocycles. The minimum Gasteiger partial charge on any atom is -0.486 e. The zero-order valence-corrected chi connectivity index (χ0v) is 16.5. The Morgan fingerprint density at radius 3 is 2.54 bits per heavy atom. The van der Waals surface area contributed by atoms with E-state index in [2.05, 4.69) is 15.5 Å². The van der Waals surface area contributed by atoms with E-state index in [0.717, 1.165) is 22.6 Å². The molecule has 7 heteroatoms. The van der Waals surface area contributed by atoms with Gasteiger partial charge in [-0.15, -0.1) is 12.4 Å². The molecule has 28 heavy (non-hydrogen) atoms. The van der Waals surface area contributed by atoms with Gasteiger partial charge in [0.25, 0.3) is 5.91 Å². The number of fused-ring (bicyclic) bond motifs is 1. The third-order valence-electron chi connectivity index (χ3n) is 4.58. The van der Waals surface area contributed by atoms with E-state index in [1.165, 1.54) is 5.56 Å². The maximum atomic E-state index is 12.6. The number of aromatic nitrogens is 2. The molecule has 4 rings (SSSR count). The van der Waals surface area contributed by atoms with Gasteiger partial charge in [0.15, 0.2) is 11.5 Å². The van der Waals surface area contributed by atoms with Crippen LogP contribution in [0.1, 0.15) is 34.6 Å². The lowest BCUT2D eigenvalue weighted by molar-refractivity contribution is 0.0934.